The zero-order chi connectivity index (χ0) is 8.39. The van der Waals surface area contributed by atoms with Crippen LogP contribution in [0, 0.1) is 0 Å². The summed E-state index contributed by atoms with van der Waals surface area (Å²) in [6, 6.07) is 7.62. The van der Waals surface area contributed by atoms with E-state index >= 15 is 0 Å². The summed E-state index contributed by atoms with van der Waals surface area (Å²) >= 11 is 0. The smallest absolute Gasteiger partial charge is 0.423 e. The van der Waals surface area contributed by atoms with Gasteiger partial charge in [0, 0.05) is 24.3 Å². The molecule has 4 heteroatoms. The van der Waals surface area contributed by atoms with Crippen molar-refractivity contribution in [3.05, 3.63) is 24.3 Å². The van der Waals surface area contributed by atoms with Gasteiger partial charge in [-0.1, -0.05) is 18.2 Å². The van der Waals surface area contributed by atoms with Gasteiger partial charge < -0.3 is 15.0 Å². The predicted molar refractivity (Wildman–Crippen MR) is 48.5 cm³/mol. The third-order valence-electron chi connectivity index (χ3n) is 1.92. The first-order valence-corrected chi connectivity index (χ1v) is 4.00. The Bertz CT molecular complexity index is 280. The molecule has 1 aromatic carbocycles. The van der Waals surface area contributed by atoms with Gasteiger partial charge in [0.05, 0.1) is 0 Å². The van der Waals surface area contributed by atoms with Gasteiger partial charge in [-0.05, 0) is 6.07 Å². The molecule has 3 nitrogen and oxygen atoms in total. The minimum Gasteiger partial charge on any atom is -0.423 e. The van der Waals surface area contributed by atoms with Gasteiger partial charge >= 0.3 is 7.12 Å². The topological polar surface area (TPSA) is 41.5 Å². The highest BCUT2D eigenvalue weighted by Gasteiger charge is 2.21. The molecule has 0 aromatic heterocycles. The molecule has 0 saturated heterocycles. The molecule has 0 amide bonds. The molecule has 0 bridgehead atoms. The minimum atomic E-state index is -0.781. The van der Waals surface area contributed by atoms with Gasteiger partial charge in [-0.3, -0.25) is 0 Å². The maximum atomic E-state index is 9.48. The fourth-order valence-electron chi connectivity index (χ4n) is 1.32. The summed E-state index contributed by atoms with van der Waals surface area (Å²) in [6.45, 7) is 1.28. The van der Waals surface area contributed by atoms with Gasteiger partial charge in [0.2, 0.25) is 0 Å². The number of nitrogens with one attached hydrogen (secondary N) is 1. The normalized spacial score (nSPS) is 16.2. The van der Waals surface area contributed by atoms with Gasteiger partial charge in [-0.15, -0.1) is 0 Å². The van der Waals surface area contributed by atoms with E-state index in [2.05, 4.69) is 5.32 Å². The summed E-state index contributed by atoms with van der Waals surface area (Å²) in [5.74, 6) is 0. The molecule has 1 aliphatic heterocycles. The van der Waals surface area contributed by atoms with Crippen LogP contribution in [0.2, 0.25) is 0 Å². The van der Waals surface area contributed by atoms with Crippen LogP contribution in [0.3, 0.4) is 0 Å². The largest absolute Gasteiger partial charge is 0.493 e. The molecule has 2 N–H and O–H groups in total. The summed E-state index contributed by atoms with van der Waals surface area (Å²) in [6.07, 6.45) is 0. The molecule has 1 aliphatic rings. The van der Waals surface area contributed by atoms with Crippen molar-refractivity contribution in [2.75, 3.05) is 18.5 Å². The molecular formula is C8H10BNO2. The predicted octanol–water partition coefficient (Wildman–Crippen LogP) is -0.184. The highest BCUT2D eigenvalue weighted by atomic mass is 16.5. The Hall–Kier alpha value is -0.995. The second-order valence-electron chi connectivity index (χ2n) is 2.74. The van der Waals surface area contributed by atoms with Gasteiger partial charge in [0.25, 0.3) is 0 Å². The zero-order valence-electron chi connectivity index (χ0n) is 6.66. The number of para-hydroxylation sites is 1. The van der Waals surface area contributed by atoms with Crippen molar-refractivity contribution in [2.45, 2.75) is 0 Å². The quantitative estimate of drug-likeness (QED) is 0.521. The third kappa shape index (κ3) is 1.31. The first-order valence-electron chi connectivity index (χ1n) is 4.00. The number of rotatable bonds is 0. The molecule has 0 radical (unpaired) electrons. The highest BCUT2D eigenvalue weighted by Crippen LogP contribution is 2.06. The Morgan fingerprint density at radius 1 is 1.42 bits per heavy atom. The molecule has 0 fully saturated rings. The lowest BCUT2D eigenvalue weighted by molar-refractivity contribution is 0.284. The van der Waals surface area contributed by atoms with Crippen LogP contribution in [-0.4, -0.2) is 25.3 Å². The number of fused-ring (bicyclic) bond motifs is 1. The number of anilines is 1. The second kappa shape index (κ2) is 3.17. The van der Waals surface area contributed by atoms with E-state index in [0.29, 0.717) is 6.61 Å². The van der Waals surface area contributed by atoms with E-state index < -0.39 is 7.12 Å². The minimum absolute atomic E-state index is 0.538. The van der Waals surface area contributed by atoms with E-state index in [4.69, 9.17) is 4.65 Å². The van der Waals surface area contributed by atoms with Crippen molar-refractivity contribution >= 4 is 18.3 Å². The van der Waals surface area contributed by atoms with Crippen LogP contribution in [0.1, 0.15) is 0 Å². The molecule has 0 saturated carbocycles. The standard InChI is InChI=1S/C8H10BNO2/c11-9-7-3-1-2-4-8(7)10-5-6-12-9/h1-4,10-11H,5-6H2. The van der Waals surface area contributed by atoms with Crippen LogP contribution >= 0.6 is 0 Å². The summed E-state index contributed by atoms with van der Waals surface area (Å²) in [7, 11) is -0.781. The van der Waals surface area contributed by atoms with Crippen molar-refractivity contribution in [3.8, 4) is 0 Å². The third-order valence-corrected chi connectivity index (χ3v) is 1.92. The van der Waals surface area contributed by atoms with E-state index in [1.165, 1.54) is 0 Å². The van der Waals surface area contributed by atoms with Crippen LogP contribution in [0.4, 0.5) is 5.69 Å². The first-order chi connectivity index (χ1) is 5.88. The van der Waals surface area contributed by atoms with Gasteiger partial charge in [-0.2, -0.15) is 0 Å². The molecule has 1 aromatic rings. The van der Waals surface area contributed by atoms with Crippen molar-refractivity contribution in [1.82, 2.24) is 0 Å². The Morgan fingerprint density at radius 2 is 2.25 bits per heavy atom. The first kappa shape index (κ1) is 7.64. The van der Waals surface area contributed by atoms with E-state index in [1.807, 2.05) is 24.3 Å². The van der Waals surface area contributed by atoms with Gasteiger partial charge in [-0.25, -0.2) is 0 Å². The lowest BCUT2D eigenvalue weighted by Gasteiger charge is -2.06. The van der Waals surface area contributed by atoms with E-state index in [1.54, 1.807) is 0 Å². The monoisotopic (exact) mass is 163 g/mol. The van der Waals surface area contributed by atoms with Crippen LogP contribution < -0.4 is 10.8 Å². The van der Waals surface area contributed by atoms with Crippen molar-refractivity contribution < 1.29 is 9.68 Å². The Kier molecular flexibility index (Phi) is 2.02. The summed E-state index contributed by atoms with van der Waals surface area (Å²) in [4.78, 5) is 0. The Labute approximate surface area is 71.5 Å². The van der Waals surface area contributed by atoms with E-state index in [-0.39, 0.29) is 0 Å². The SMILES string of the molecule is OB1OCCNc2ccccc21. The summed E-state index contributed by atoms with van der Waals surface area (Å²) in [5.41, 5.74) is 1.78. The maximum Gasteiger partial charge on any atom is 0.493 e. The van der Waals surface area contributed by atoms with Gasteiger partial charge in [0.1, 0.15) is 0 Å². The summed E-state index contributed by atoms with van der Waals surface area (Å²) < 4.78 is 5.12. The molecule has 62 valence electrons. The number of hydrogen-bond donors (Lipinski definition) is 2. The van der Waals surface area contributed by atoms with Crippen LogP contribution in [0.25, 0.3) is 0 Å². The van der Waals surface area contributed by atoms with E-state index in [0.717, 1.165) is 17.7 Å². The Balaban J connectivity index is 2.39. The fraction of sp³-hybridized carbons (Fsp3) is 0.250. The molecule has 0 spiro atoms. The molecule has 0 unspecified atom stereocenters. The second-order valence-corrected chi connectivity index (χ2v) is 2.74. The lowest BCUT2D eigenvalue weighted by atomic mass is 9.78. The van der Waals surface area contributed by atoms with Crippen LogP contribution in [-0.2, 0) is 4.65 Å². The molecule has 2 rings (SSSR count). The van der Waals surface area contributed by atoms with E-state index in [9.17, 15) is 5.02 Å². The maximum absolute atomic E-state index is 9.48. The average Bonchev–Trinajstić information content (AvgIpc) is 2.29. The zero-order valence-corrected chi connectivity index (χ0v) is 6.66. The Morgan fingerprint density at radius 3 is 3.17 bits per heavy atom. The average molecular weight is 163 g/mol. The molecule has 0 atom stereocenters. The van der Waals surface area contributed by atoms with Crippen molar-refractivity contribution in [3.63, 3.8) is 0 Å². The molecule has 0 aliphatic carbocycles. The highest BCUT2D eigenvalue weighted by molar-refractivity contribution is 6.62. The molecule has 1 heterocycles. The van der Waals surface area contributed by atoms with Crippen molar-refractivity contribution in [1.29, 1.82) is 0 Å². The van der Waals surface area contributed by atoms with Crippen LogP contribution in [0.15, 0.2) is 24.3 Å². The molecule has 12 heavy (non-hydrogen) atoms. The fourth-order valence-corrected chi connectivity index (χ4v) is 1.32. The number of benzene rings is 1. The van der Waals surface area contributed by atoms with Crippen molar-refractivity contribution in [2.24, 2.45) is 0 Å². The van der Waals surface area contributed by atoms with Crippen LogP contribution in [0.5, 0.6) is 0 Å². The lowest BCUT2D eigenvalue weighted by Crippen LogP contribution is -2.33. The number of hydrogen-bond acceptors (Lipinski definition) is 3. The van der Waals surface area contributed by atoms with Gasteiger partial charge in [0.15, 0.2) is 0 Å². The molecular weight excluding hydrogens is 153 g/mol. The summed E-state index contributed by atoms with van der Waals surface area (Å²) in [5, 5.41) is 12.6.